The second-order valence-corrected chi connectivity index (χ2v) is 15.2. The van der Waals surface area contributed by atoms with Crippen LogP contribution in [0.15, 0.2) is 140 Å². The molecular formula is C46H40BN3. The first kappa shape index (κ1) is 29.4. The van der Waals surface area contributed by atoms with Crippen molar-refractivity contribution in [3.05, 3.63) is 156 Å². The molecule has 1 aliphatic carbocycles. The van der Waals surface area contributed by atoms with Crippen molar-refractivity contribution in [3.8, 4) is 5.69 Å². The van der Waals surface area contributed by atoms with Crippen LogP contribution in [0.25, 0.3) is 16.5 Å². The van der Waals surface area contributed by atoms with Gasteiger partial charge in [0.25, 0.3) is 6.71 Å². The fraction of sp³-hybridized carbons (Fsp3) is 0.174. The molecule has 0 spiro atoms. The number of para-hydroxylation sites is 3. The molecule has 0 fully saturated rings. The number of fused-ring (bicyclic) bond motifs is 7. The lowest BCUT2D eigenvalue weighted by Crippen LogP contribution is -2.63. The topological polar surface area (TPSA) is 11.4 Å². The zero-order chi connectivity index (χ0) is 33.6. The number of benzene rings is 6. The largest absolute Gasteiger partial charge is 0.323 e. The normalized spacial score (nSPS) is 14.7. The summed E-state index contributed by atoms with van der Waals surface area (Å²) in [5.41, 5.74) is 17.3. The van der Waals surface area contributed by atoms with Gasteiger partial charge in [0, 0.05) is 45.1 Å². The minimum Gasteiger partial charge on any atom is -0.323 e. The zero-order valence-corrected chi connectivity index (χ0v) is 29.0. The molecule has 2 aliphatic heterocycles. The summed E-state index contributed by atoms with van der Waals surface area (Å²) in [6.07, 6.45) is 4.62. The highest BCUT2D eigenvalue weighted by Gasteiger charge is 2.48. The van der Waals surface area contributed by atoms with Crippen LogP contribution in [0, 0.1) is 0 Å². The van der Waals surface area contributed by atoms with Crippen LogP contribution < -0.4 is 26.3 Å². The van der Waals surface area contributed by atoms with Gasteiger partial charge in [-0.1, -0.05) is 112 Å². The molecule has 3 heterocycles. The first-order valence-electron chi connectivity index (χ1n) is 18.2. The molecule has 50 heavy (non-hydrogen) atoms. The van der Waals surface area contributed by atoms with Gasteiger partial charge in [0.1, 0.15) is 0 Å². The van der Waals surface area contributed by atoms with Gasteiger partial charge in [-0.15, -0.1) is 0 Å². The van der Waals surface area contributed by atoms with E-state index in [0.29, 0.717) is 0 Å². The van der Waals surface area contributed by atoms with Crippen LogP contribution in [0.5, 0.6) is 0 Å². The van der Waals surface area contributed by atoms with Crippen molar-refractivity contribution in [2.24, 2.45) is 0 Å². The highest BCUT2D eigenvalue weighted by molar-refractivity contribution is 7.00. The maximum absolute atomic E-state index is 2.67. The predicted molar refractivity (Wildman–Crippen MR) is 213 cm³/mol. The van der Waals surface area contributed by atoms with Gasteiger partial charge in [0.15, 0.2) is 0 Å². The molecule has 0 atom stereocenters. The standard InChI is InChI=1S/C46H40BN3/c1-46(2,3)32-29-41-43-42(30-32)50(38-28-16-18-31-17-10-11-23-35(31)38)40-27-15-13-25-37(40)47(43)45-44(48(41)33-19-6-4-7-20-33)36-24-12-14-26-39(36)49(45)34-21-8-5-9-22-34/h4-11,13,15-23,25,27-30H,12,14,24,26H2,1-3H3. The molecule has 7 aromatic rings. The van der Waals surface area contributed by atoms with Crippen molar-refractivity contribution < 1.29 is 0 Å². The van der Waals surface area contributed by atoms with E-state index >= 15 is 0 Å². The summed E-state index contributed by atoms with van der Waals surface area (Å²) >= 11 is 0. The third kappa shape index (κ3) is 4.24. The lowest BCUT2D eigenvalue weighted by atomic mass is 9.34. The summed E-state index contributed by atoms with van der Waals surface area (Å²) in [5.74, 6) is 0. The van der Waals surface area contributed by atoms with E-state index in [1.165, 1.54) is 96.8 Å². The van der Waals surface area contributed by atoms with Gasteiger partial charge in [0.2, 0.25) is 0 Å². The molecule has 0 amide bonds. The van der Waals surface area contributed by atoms with E-state index in [0.717, 1.165) is 12.8 Å². The van der Waals surface area contributed by atoms with Gasteiger partial charge in [-0.3, -0.25) is 0 Å². The van der Waals surface area contributed by atoms with Crippen LogP contribution in [-0.4, -0.2) is 11.3 Å². The third-order valence-corrected chi connectivity index (χ3v) is 11.3. The third-order valence-electron chi connectivity index (χ3n) is 11.3. The molecule has 6 aromatic carbocycles. The van der Waals surface area contributed by atoms with Crippen LogP contribution in [0.4, 0.5) is 34.1 Å². The Bertz CT molecular complexity index is 2430. The minimum absolute atomic E-state index is 0.0551. The molecule has 0 N–H and O–H groups in total. The Hall–Kier alpha value is -5.48. The Morgan fingerprint density at radius 3 is 1.96 bits per heavy atom. The lowest BCUT2D eigenvalue weighted by molar-refractivity contribution is 0.590. The van der Waals surface area contributed by atoms with E-state index in [1.807, 2.05) is 0 Å². The first-order chi connectivity index (χ1) is 24.5. The number of hydrogen-bond donors (Lipinski definition) is 0. The molecular weight excluding hydrogens is 605 g/mol. The SMILES string of the molecule is CC(C)(C)c1cc2c3c(c1)N(c1cccc4ccccc14)c1ccccc1B3c1c(c3c(n1-c1ccccc1)CCCC3)N2c1ccccc1. The fourth-order valence-corrected chi connectivity index (χ4v) is 9.04. The van der Waals surface area contributed by atoms with E-state index in [9.17, 15) is 0 Å². The molecule has 4 heteroatoms. The quantitative estimate of drug-likeness (QED) is 0.177. The highest BCUT2D eigenvalue weighted by Crippen LogP contribution is 2.49. The van der Waals surface area contributed by atoms with Crippen molar-refractivity contribution in [1.29, 1.82) is 0 Å². The minimum atomic E-state index is -0.0551. The van der Waals surface area contributed by atoms with Gasteiger partial charge in [-0.25, -0.2) is 0 Å². The smallest absolute Gasteiger partial charge is 0.273 e. The summed E-state index contributed by atoms with van der Waals surface area (Å²) in [5, 5.41) is 2.52. The molecule has 0 saturated heterocycles. The second kappa shape index (κ2) is 11.0. The van der Waals surface area contributed by atoms with Crippen molar-refractivity contribution >= 4 is 68.1 Å². The van der Waals surface area contributed by atoms with Crippen LogP contribution in [-0.2, 0) is 18.3 Å². The number of hydrogen-bond acceptors (Lipinski definition) is 2. The Morgan fingerprint density at radius 1 is 0.560 bits per heavy atom. The summed E-state index contributed by atoms with van der Waals surface area (Å²) < 4.78 is 2.67. The van der Waals surface area contributed by atoms with E-state index in [-0.39, 0.29) is 12.1 Å². The Balaban J connectivity index is 1.39. The Kier molecular flexibility index (Phi) is 6.49. The maximum atomic E-state index is 2.67. The molecule has 10 rings (SSSR count). The monoisotopic (exact) mass is 645 g/mol. The van der Waals surface area contributed by atoms with E-state index in [2.05, 4.69) is 175 Å². The summed E-state index contributed by atoms with van der Waals surface area (Å²) in [6.45, 7) is 7.13. The average Bonchev–Trinajstić information content (AvgIpc) is 3.49. The van der Waals surface area contributed by atoms with Crippen molar-refractivity contribution in [2.45, 2.75) is 51.9 Å². The molecule has 0 radical (unpaired) electrons. The van der Waals surface area contributed by atoms with Crippen molar-refractivity contribution in [1.82, 2.24) is 4.57 Å². The van der Waals surface area contributed by atoms with Gasteiger partial charge in [0.05, 0.1) is 11.4 Å². The summed E-state index contributed by atoms with van der Waals surface area (Å²) in [7, 11) is 0. The number of nitrogens with zero attached hydrogens (tertiary/aromatic N) is 3. The van der Waals surface area contributed by atoms with Crippen LogP contribution in [0.3, 0.4) is 0 Å². The predicted octanol–water partition coefficient (Wildman–Crippen LogP) is 9.89. The Morgan fingerprint density at radius 2 is 1.18 bits per heavy atom. The van der Waals surface area contributed by atoms with E-state index in [4.69, 9.17) is 0 Å². The maximum Gasteiger partial charge on any atom is 0.273 e. The average molecular weight is 646 g/mol. The lowest BCUT2D eigenvalue weighted by Gasteiger charge is -2.45. The molecule has 0 bridgehead atoms. The van der Waals surface area contributed by atoms with E-state index in [1.54, 1.807) is 0 Å². The second-order valence-electron chi connectivity index (χ2n) is 15.2. The number of rotatable bonds is 3. The zero-order valence-electron chi connectivity index (χ0n) is 29.0. The van der Waals surface area contributed by atoms with Gasteiger partial charge in [-0.05, 0) is 107 Å². The van der Waals surface area contributed by atoms with Crippen LogP contribution in [0.1, 0.15) is 50.4 Å². The van der Waals surface area contributed by atoms with Gasteiger partial charge >= 0.3 is 0 Å². The summed E-state index contributed by atoms with van der Waals surface area (Å²) in [6, 6.07) is 52.1. The summed E-state index contributed by atoms with van der Waals surface area (Å²) in [4.78, 5) is 5.21. The fourth-order valence-electron chi connectivity index (χ4n) is 9.04. The van der Waals surface area contributed by atoms with Crippen molar-refractivity contribution in [2.75, 3.05) is 9.80 Å². The number of aromatic nitrogens is 1. The van der Waals surface area contributed by atoms with E-state index < -0.39 is 0 Å². The Labute approximate surface area is 295 Å². The van der Waals surface area contributed by atoms with Crippen LogP contribution >= 0.6 is 0 Å². The number of anilines is 6. The van der Waals surface area contributed by atoms with Gasteiger partial charge < -0.3 is 14.4 Å². The van der Waals surface area contributed by atoms with Gasteiger partial charge in [-0.2, -0.15) is 0 Å². The first-order valence-corrected chi connectivity index (χ1v) is 18.2. The molecule has 242 valence electrons. The highest BCUT2D eigenvalue weighted by atomic mass is 15.2. The molecule has 0 unspecified atom stereocenters. The molecule has 1 aromatic heterocycles. The molecule has 0 saturated carbocycles. The van der Waals surface area contributed by atoms with Crippen LogP contribution in [0.2, 0.25) is 0 Å². The van der Waals surface area contributed by atoms with Crippen molar-refractivity contribution in [3.63, 3.8) is 0 Å². The molecule has 3 aliphatic rings. The molecule has 3 nitrogen and oxygen atoms in total.